The predicted octanol–water partition coefficient (Wildman–Crippen LogP) is 4.73. The van der Waals surface area contributed by atoms with Crippen LogP contribution in [-0.2, 0) is 4.79 Å². The molecule has 1 aromatic heterocycles. The van der Waals surface area contributed by atoms with Gasteiger partial charge in [0.05, 0.1) is 11.6 Å². The Bertz CT molecular complexity index is 907. The summed E-state index contributed by atoms with van der Waals surface area (Å²) in [6, 6.07) is 23.6. The number of carbonyl (C=O) groups is 1. The fraction of sp³-hybridized carbons (Fsp3) is 0.308. The lowest BCUT2D eigenvalue weighted by Crippen LogP contribution is -2.23. The van der Waals surface area contributed by atoms with Gasteiger partial charge < -0.3 is 21.5 Å². The molecule has 2 aromatic carbocycles. The van der Waals surface area contributed by atoms with Crippen molar-refractivity contribution in [3.8, 4) is 0 Å². The Morgan fingerprint density at radius 1 is 0.969 bits per heavy atom. The molecule has 6 nitrogen and oxygen atoms in total. The minimum absolute atomic E-state index is 0.317. The lowest BCUT2D eigenvalue weighted by molar-refractivity contribution is -0.138. The van der Waals surface area contributed by atoms with Gasteiger partial charge in [-0.15, -0.1) is 0 Å². The third-order valence-electron chi connectivity index (χ3n) is 5.15. The Balaban J connectivity index is 0.000000520. The van der Waals surface area contributed by atoms with Gasteiger partial charge in [-0.2, -0.15) is 0 Å². The molecule has 0 spiro atoms. The Labute approximate surface area is 190 Å². The van der Waals surface area contributed by atoms with Crippen LogP contribution >= 0.6 is 0 Å². The van der Waals surface area contributed by atoms with E-state index in [1.165, 1.54) is 0 Å². The van der Waals surface area contributed by atoms with E-state index in [1.54, 1.807) is 13.1 Å². The number of anilines is 2. The van der Waals surface area contributed by atoms with Gasteiger partial charge in [-0.3, -0.25) is 4.79 Å². The smallest absolute Gasteiger partial charge is 0.310 e. The number of aliphatic carboxylic acids is 1. The van der Waals surface area contributed by atoms with Crippen LogP contribution in [-0.4, -0.2) is 35.7 Å². The Hall–Kier alpha value is -3.38. The summed E-state index contributed by atoms with van der Waals surface area (Å²) in [6.07, 6.45) is 2.65. The third-order valence-corrected chi connectivity index (χ3v) is 5.15. The largest absolute Gasteiger partial charge is 0.481 e. The molecule has 6 heteroatoms. The Morgan fingerprint density at radius 2 is 1.62 bits per heavy atom. The number of benzene rings is 2. The first kappa shape index (κ1) is 24.9. The van der Waals surface area contributed by atoms with E-state index < -0.39 is 11.9 Å². The second-order valence-electron chi connectivity index (χ2n) is 7.71. The zero-order valence-electron chi connectivity index (χ0n) is 18.9. The van der Waals surface area contributed by atoms with Crippen molar-refractivity contribution in [3.63, 3.8) is 0 Å². The van der Waals surface area contributed by atoms with Crippen LogP contribution in [0.2, 0.25) is 0 Å². The van der Waals surface area contributed by atoms with Crippen molar-refractivity contribution in [2.75, 3.05) is 30.7 Å². The van der Waals surface area contributed by atoms with E-state index in [1.807, 2.05) is 66.7 Å². The number of hydrogen-bond acceptors (Lipinski definition) is 5. The minimum atomic E-state index is -0.797. The second-order valence-corrected chi connectivity index (χ2v) is 7.71. The van der Waals surface area contributed by atoms with Gasteiger partial charge >= 0.3 is 5.97 Å². The SMILES string of the molecule is CC(CNCCCNc1cccnc1N)c1cccc(C(C)C(=O)O)c1.c1ccccc1. The summed E-state index contributed by atoms with van der Waals surface area (Å²) in [4.78, 5) is 15.2. The summed E-state index contributed by atoms with van der Waals surface area (Å²) >= 11 is 0. The molecule has 0 saturated heterocycles. The zero-order valence-corrected chi connectivity index (χ0v) is 18.9. The van der Waals surface area contributed by atoms with Crippen LogP contribution < -0.4 is 16.4 Å². The van der Waals surface area contributed by atoms with Crippen molar-refractivity contribution >= 4 is 17.5 Å². The molecule has 2 unspecified atom stereocenters. The summed E-state index contributed by atoms with van der Waals surface area (Å²) in [5, 5.41) is 15.9. The summed E-state index contributed by atoms with van der Waals surface area (Å²) in [5.74, 6) is -0.446. The van der Waals surface area contributed by atoms with E-state index in [0.29, 0.717) is 11.7 Å². The molecule has 0 saturated carbocycles. The first-order chi connectivity index (χ1) is 15.5. The summed E-state index contributed by atoms with van der Waals surface area (Å²) in [6.45, 7) is 6.42. The highest BCUT2D eigenvalue weighted by atomic mass is 16.4. The number of pyridine rings is 1. The van der Waals surface area contributed by atoms with Crippen molar-refractivity contribution < 1.29 is 9.90 Å². The monoisotopic (exact) mass is 434 g/mol. The number of aromatic nitrogens is 1. The first-order valence-electron chi connectivity index (χ1n) is 11.0. The van der Waals surface area contributed by atoms with Gasteiger partial charge in [-0.25, -0.2) is 4.98 Å². The molecule has 0 bridgehead atoms. The van der Waals surface area contributed by atoms with Crippen molar-refractivity contribution in [2.24, 2.45) is 0 Å². The van der Waals surface area contributed by atoms with E-state index in [9.17, 15) is 4.79 Å². The molecule has 5 N–H and O–H groups in total. The highest BCUT2D eigenvalue weighted by molar-refractivity contribution is 5.75. The number of nitrogens with one attached hydrogen (secondary N) is 2. The molecule has 0 aliphatic heterocycles. The van der Waals surface area contributed by atoms with Crippen LogP contribution in [0.3, 0.4) is 0 Å². The summed E-state index contributed by atoms with van der Waals surface area (Å²) in [5.41, 5.74) is 8.66. The van der Waals surface area contributed by atoms with Gasteiger partial charge in [0.1, 0.15) is 5.82 Å². The zero-order chi connectivity index (χ0) is 23.2. The quantitative estimate of drug-likeness (QED) is 0.344. The number of hydrogen-bond donors (Lipinski definition) is 4. The molecule has 0 aliphatic carbocycles. The molecule has 2 atom stereocenters. The fourth-order valence-corrected chi connectivity index (χ4v) is 3.10. The van der Waals surface area contributed by atoms with Crippen LogP contribution in [0.15, 0.2) is 79.0 Å². The van der Waals surface area contributed by atoms with Crippen LogP contribution in [0.1, 0.15) is 43.2 Å². The summed E-state index contributed by atoms with van der Waals surface area (Å²) < 4.78 is 0. The summed E-state index contributed by atoms with van der Waals surface area (Å²) in [7, 11) is 0. The molecule has 3 aromatic rings. The highest BCUT2D eigenvalue weighted by Crippen LogP contribution is 2.21. The van der Waals surface area contributed by atoms with Crippen molar-refractivity contribution in [3.05, 3.63) is 90.1 Å². The Morgan fingerprint density at radius 3 is 2.25 bits per heavy atom. The Kier molecular flexibility index (Phi) is 10.8. The number of nitrogen functional groups attached to an aromatic ring is 1. The van der Waals surface area contributed by atoms with E-state index in [0.717, 1.165) is 42.9 Å². The van der Waals surface area contributed by atoms with E-state index >= 15 is 0 Å². The van der Waals surface area contributed by atoms with Crippen molar-refractivity contribution in [1.29, 1.82) is 0 Å². The lowest BCUT2D eigenvalue weighted by Gasteiger charge is -2.16. The maximum absolute atomic E-state index is 11.1. The topological polar surface area (TPSA) is 100 Å². The number of carboxylic acids is 1. The molecule has 0 fully saturated rings. The number of nitrogens with zero attached hydrogens (tertiary/aromatic N) is 1. The average molecular weight is 435 g/mol. The fourth-order valence-electron chi connectivity index (χ4n) is 3.10. The number of rotatable bonds is 10. The van der Waals surface area contributed by atoms with Crippen LogP contribution in [0.25, 0.3) is 0 Å². The minimum Gasteiger partial charge on any atom is -0.481 e. The van der Waals surface area contributed by atoms with Gasteiger partial charge in [0.15, 0.2) is 0 Å². The van der Waals surface area contributed by atoms with E-state index in [2.05, 4.69) is 28.6 Å². The van der Waals surface area contributed by atoms with Gasteiger partial charge in [-0.1, -0.05) is 67.6 Å². The molecular formula is C26H34N4O2. The first-order valence-corrected chi connectivity index (χ1v) is 11.0. The molecular weight excluding hydrogens is 400 g/mol. The highest BCUT2D eigenvalue weighted by Gasteiger charge is 2.15. The van der Waals surface area contributed by atoms with E-state index in [4.69, 9.17) is 10.8 Å². The molecule has 3 rings (SSSR count). The molecule has 32 heavy (non-hydrogen) atoms. The van der Waals surface area contributed by atoms with Crippen molar-refractivity contribution in [2.45, 2.75) is 32.1 Å². The van der Waals surface area contributed by atoms with E-state index in [-0.39, 0.29) is 0 Å². The average Bonchev–Trinajstić information content (AvgIpc) is 2.83. The standard InChI is InChI=1S/C20H28N4O2.C6H6/c1-14(16-6-3-7-17(12-16)15(2)20(25)26)13-22-9-5-11-23-18-8-4-10-24-19(18)21;1-2-4-6-5-3-1/h3-4,6-8,10,12,14-15,22-23H,5,9,11,13H2,1-2H3,(H2,21,24)(H,25,26);1-6H. The second kappa shape index (κ2) is 13.8. The van der Waals surface area contributed by atoms with Crippen molar-refractivity contribution in [1.82, 2.24) is 10.3 Å². The lowest BCUT2D eigenvalue weighted by atomic mass is 9.94. The van der Waals surface area contributed by atoms with Crippen LogP contribution in [0, 0.1) is 0 Å². The predicted molar refractivity (Wildman–Crippen MR) is 132 cm³/mol. The van der Waals surface area contributed by atoms with Gasteiger partial charge in [-0.05, 0) is 49.1 Å². The normalized spacial score (nSPS) is 12.2. The van der Waals surface area contributed by atoms with Gasteiger partial charge in [0, 0.05) is 19.3 Å². The molecule has 1 heterocycles. The number of nitrogens with two attached hydrogens (primary N) is 1. The third kappa shape index (κ3) is 8.78. The maximum atomic E-state index is 11.1. The molecule has 0 aliphatic rings. The number of carboxylic acid groups (broad SMARTS) is 1. The van der Waals surface area contributed by atoms with Gasteiger partial charge in [0.2, 0.25) is 0 Å². The maximum Gasteiger partial charge on any atom is 0.310 e. The molecule has 0 radical (unpaired) electrons. The van der Waals surface area contributed by atoms with Crippen LogP contribution in [0.4, 0.5) is 11.5 Å². The molecule has 0 amide bonds. The molecule has 170 valence electrons. The van der Waals surface area contributed by atoms with Crippen LogP contribution in [0.5, 0.6) is 0 Å². The van der Waals surface area contributed by atoms with Gasteiger partial charge in [0.25, 0.3) is 0 Å².